The zero-order valence-electron chi connectivity index (χ0n) is 14.4. The monoisotopic (exact) mass is 335 g/mol. The lowest BCUT2D eigenvalue weighted by Crippen LogP contribution is -2.42. The number of rotatable bonds is 5. The van der Waals surface area contributed by atoms with Crippen molar-refractivity contribution in [1.29, 1.82) is 0 Å². The normalized spacial score (nSPS) is 16.5. The van der Waals surface area contributed by atoms with Crippen molar-refractivity contribution in [3.05, 3.63) is 24.3 Å². The molecule has 132 valence electrons. The van der Waals surface area contributed by atoms with Gasteiger partial charge in [-0.15, -0.1) is 0 Å². The van der Waals surface area contributed by atoms with Crippen LogP contribution in [-0.2, 0) is 14.3 Å². The van der Waals surface area contributed by atoms with Crippen molar-refractivity contribution >= 4 is 23.3 Å². The van der Waals surface area contributed by atoms with Crippen molar-refractivity contribution in [2.75, 3.05) is 37.9 Å². The number of hydrogen-bond donors (Lipinski definition) is 2. The molecule has 24 heavy (non-hydrogen) atoms. The molecule has 3 amide bonds. The molecule has 0 spiro atoms. The lowest BCUT2D eigenvalue weighted by molar-refractivity contribution is -0.124. The van der Waals surface area contributed by atoms with E-state index in [-0.39, 0.29) is 18.0 Å². The maximum absolute atomic E-state index is 12.3. The van der Waals surface area contributed by atoms with Gasteiger partial charge in [-0.3, -0.25) is 4.79 Å². The van der Waals surface area contributed by atoms with Gasteiger partial charge in [0.25, 0.3) is 5.91 Å². The van der Waals surface area contributed by atoms with Gasteiger partial charge in [0.15, 0.2) is 0 Å². The summed E-state index contributed by atoms with van der Waals surface area (Å²) < 4.78 is 10.3. The molecule has 7 heteroatoms. The Morgan fingerprint density at radius 2 is 1.79 bits per heavy atom. The molecule has 1 fully saturated rings. The van der Waals surface area contributed by atoms with Crippen molar-refractivity contribution in [3.8, 4) is 0 Å². The quantitative estimate of drug-likeness (QED) is 0.865. The maximum Gasteiger partial charge on any atom is 0.321 e. The second-order valence-corrected chi connectivity index (χ2v) is 5.80. The summed E-state index contributed by atoms with van der Waals surface area (Å²) in [5, 5.41) is 5.62. The number of hydrogen-bond acceptors (Lipinski definition) is 4. The van der Waals surface area contributed by atoms with Gasteiger partial charge in [0, 0.05) is 38.7 Å². The number of methoxy groups -OCH3 is 2. The van der Waals surface area contributed by atoms with Crippen LogP contribution in [0.25, 0.3) is 0 Å². The SMILES string of the molecule is COC1CCN(C(=O)Nc2cccc(NC(=O)C(C)OC)c2)CC1. The van der Waals surface area contributed by atoms with E-state index in [1.54, 1.807) is 43.2 Å². The third-order valence-corrected chi connectivity index (χ3v) is 4.17. The van der Waals surface area contributed by atoms with Crippen molar-refractivity contribution in [3.63, 3.8) is 0 Å². The molecule has 0 bridgehead atoms. The first-order valence-electron chi connectivity index (χ1n) is 8.06. The number of ether oxygens (including phenoxy) is 2. The van der Waals surface area contributed by atoms with Crippen LogP contribution >= 0.6 is 0 Å². The standard InChI is InChI=1S/C17H25N3O4/c1-12(23-2)16(21)18-13-5-4-6-14(11-13)19-17(22)20-9-7-15(24-3)8-10-20/h4-6,11-12,15H,7-10H2,1-3H3,(H,18,21)(H,19,22). The van der Waals surface area contributed by atoms with Crippen LogP contribution in [0.1, 0.15) is 19.8 Å². The predicted octanol–water partition coefficient (Wildman–Crippen LogP) is 2.30. The second-order valence-electron chi connectivity index (χ2n) is 5.80. The van der Waals surface area contributed by atoms with Crippen LogP contribution in [0.3, 0.4) is 0 Å². The molecule has 0 aromatic heterocycles. The number of anilines is 2. The molecule has 0 aliphatic carbocycles. The van der Waals surface area contributed by atoms with Crippen LogP contribution < -0.4 is 10.6 Å². The van der Waals surface area contributed by atoms with Crippen LogP contribution in [0, 0.1) is 0 Å². The Morgan fingerprint density at radius 3 is 2.38 bits per heavy atom. The fourth-order valence-electron chi connectivity index (χ4n) is 2.52. The lowest BCUT2D eigenvalue weighted by Gasteiger charge is -2.31. The van der Waals surface area contributed by atoms with E-state index in [9.17, 15) is 9.59 Å². The topological polar surface area (TPSA) is 79.9 Å². The number of nitrogens with one attached hydrogen (secondary N) is 2. The largest absolute Gasteiger partial charge is 0.381 e. The molecule has 7 nitrogen and oxygen atoms in total. The van der Waals surface area contributed by atoms with E-state index in [0.29, 0.717) is 24.5 Å². The third-order valence-electron chi connectivity index (χ3n) is 4.17. The summed E-state index contributed by atoms with van der Waals surface area (Å²) in [5.41, 5.74) is 1.25. The maximum atomic E-state index is 12.3. The molecular formula is C17H25N3O4. The zero-order valence-corrected chi connectivity index (χ0v) is 14.4. The van der Waals surface area contributed by atoms with E-state index in [0.717, 1.165) is 12.8 Å². The van der Waals surface area contributed by atoms with Gasteiger partial charge in [0.2, 0.25) is 0 Å². The summed E-state index contributed by atoms with van der Waals surface area (Å²) in [7, 11) is 3.18. The highest BCUT2D eigenvalue weighted by Gasteiger charge is 2.22. The smallest absolute Gasteiger partial charge is 0.321 e. The summed E-state index contributed by atoms with van der Waals surface area (Å²) in [6.45, 7) is 3.02. The van der Waals surface area contributed by atoms with Crippen molar-refractivity contribution in [2.45, 2.75) is 32.0 Å². The molecule has 1 atom stereocenters. The Morgan fingerprint density at radius 1 is 1.17 bits per heavy atom. The van der Waals surface area contributed by atoms with E-state index < -0.39 is 6.10 Å². The second kappa shape index (κ2) is 8.65. The van der Waals surface area contributed by atoms with Gasteiger partial charge in [-0.25, -0.2) is 4.79 Å². The highest BCUT2D eigenvalue weighted by Crippen LogP contribution is 2.18. The van der Waals surface area contributed by atoms with Crippen molar-refractivity contribution in [2.24, 2.45) is 0 Å². The Balaban J connectivity index is 1.92. The number of urea groups is 1. The first-order valence-corrected chi connectivity index (χ1v) is 8.06. The predicted molar refractivity (Wildman–Crippen MR) is 92.2 cm³/mol. The first-order chi connectivity index (χ1) is 11.5. The first kappa shape index (κ1) is 18.2. The Labute approximate surface area is 142 Å². The van der Waals surface area contributed by atoms with E-state index in [2.05, 4.69) is 10.6 Å². The summed E-state index contributed by atoms with van der Waals surface area (Å²) in [6.07, 6.45) is 1.38. The number of carbonyl (C=O) groups excluding carboxylic acids is 2. The molecule has 2 rings (SSSR count). The third kappa shape index (κ3) is 4.94. The average Bonchev–Trinajstić information content (AvgIpc) is 2.61. The van der Waals surface area contributed by atoms with E-state index in [1.807, 2.05) is 0 Å². The zero-order chi connectivity index (χ0) is 17.5. The fraction of sp³-hybridized carbons (Fsp3) is 0.529. The van der Waals surface area contributed by atoms with Gasteiger partial charge in [-0.2, -0.15) is 0 Å². The molecule has 1 heterocycles. The van der Waals surface area contributed by atoms with Crippen molar-refractivity contribution < 1.29 is 19.1 Å². The molecule has 1 aliphatic rings. The van der Waals surface area contributed by atoms with Gasteiger partial charge in [0.05, 0.1) is 6.10 Å². The molecule has 2 N–H and O–H groups in total. The van der Waals surface area contributed by atoms with Gasteiger partial charge in [0.1, 0.15) is 6.10 Å². The minimum absolute atomic E-state index is 0.140. The molecular weight excluding hydrogens is 310 g/mol. The minimum Gasteiger partial charge on any atom is -0.381 e. The van der Waals surface area contributed by atoms with Gasteiger partial charge < -0.3 is 25.0 Å². The summed E-state index contributed by atoms with van der Waals surface area (Å²) in [5.74, 6) is -0.234. The summed E-state index contributed by atoms with van der Waals surface area (Å²) >= 11 is 0. The Kier molecular flexibility index (Phi) is 6.57. The number of likely N-dealkylation sites (tertiary alicyclic amines) is 1. The number of piperidine rings is 1. The number of amides is 3. The van der Waals surface area contributed by atoms with Gasteiger partial charge >= 0.3 is 6.03 Å². The highest BCUT2D eigenvalue weighted by molar-refractivity contribution is 5.95. The Bertz CT molecular complexity index is 571. The number of benzene rings is 1. The van der Waals surface area contributed by atoms with Crippen LogP contribution in [0.15, 0.2) is 24.3 Å². The molecule has 0 radical (unpaired) electrons. The molecule has 0 saturated carbocycles. The number of carbonyl (C=O) groups is 2. The summed E-state index contributed by atoms with van der Waals surface area (Å²) in [4.78, 5) is 25.9. The summed E-state index contributed by atoms with van der Waals surface area (Å²) in [6, 6.07) is 6.91. The van der Waals surface area contributed by atoms with Gasteiger partial charge in [-0.05, 0) is 38.0 Å². The van der Waals surface area contributed by atoms with Crippen LogP contribution in [0.5, 0.6) is 0 Å². The van der Waals surface area contributed by atoms with Crippen molar-refractivity contribution in [1.82, 2.24) is 4.90 Å². The fourth-order valence-corrected chi connectivity index (χ4v) is 2.52. The molecule has 1 saturated heterocycles. The highest BCUT2D eigenvalue weighted by atomic mass is 16.5. The molecule has 1 unspecified atom stereocenters. The minimum atomic E-state index is -0.537. The van der Waals surface area contributed by atoms with Gasteiger partial charge in [-0.1, -0.05) is 6.07 Å². The van der Waals surface area contributed by atoms with E-state index >= 15 is 0 Å². The molecule has 1 aromatic carbocycles. The van der Waals surface area contributed by atoms with E-state index in [1.165, 1.54) is 7.11 Å². The lowest BCUT2D eigenvalue weighted by atomic mass is 10.1. The molecule has 1 aliphatic heterocycles. The van der Waals surface area contributed by atoms with Crippen LogP contribution in [0.2, 0.25) is 0 Å². The molecule has 1 aromatic rings. The number of nitrogens with zero attached hydrogens (tertiary/aromatic N) is 1. The van der Waals surface area contributed by atoms with Crippen LogP contribution in [0.4, 0.5) is 16.2 Å². The van der Waals surface area contributed by atoms with Crippen LogP contribution in [-0.4, -0.2) is 56.4 Å². The Hall–Kier alpha value is -2.12. The average molecular weight is 335 g/mol. The van der Waals surface area contributed by atoms with E-state index in [4.69, 9.17) is 9.47 Å².